The van der Waals surface area contributed by atoms with Gasteiger partial charge in [-0.2, -0.15) is 0 Å². The molecule has 1 saturated heterocycles. The number of ether oxygens (including phenoxy) is 1. The van der Waals surface area contributed by atoms with Gasteiger partial charge in [0.2, 0.25) is 5.91 Å². The van der Waals surface area contributed by atoms with Crippen LogP contribution in [0.3, 0.4) is 0 Å². The Hall–Kier alpha value is -3.35. The van der Waals surface area contributed by atoms with Crippen molar-refractivity contribution < 1.29 is 14.5 Å². The molecule has 0 aromatic heterocycles. The van der Waals surface area contributed by atoms with E-state index in [4.69, 9.17) is 4.74 Å². The van der Waals surface area contributed by atoms with E-state index in [0.29, 0.717) is 38.5 Å². The van der Waals surface area contributed by atoms with Crippen molar-refractivity contribution in [3.63, 3.8) is 0 Å². The summed E-state index contributed by atoms with van der Waals surface area (Å²) >= 11 is 0. The number of nitrogens with zero attached hydrogens (tertiary/aromatic N) is 3. The second kappa shape index (κ2) is 9.03. The number of hydrogen-bond acceptors (Lipinski definition) is 5. The minimum Gasteiger partial charge on any atom is -0.493 e. The smallest absolute Gasteiger partial charge is 0.292 e. The summed E-state index contributed by atoms with van der Waals surface area (Å²) in [4.78, 5) is 27.1. The maximum Gasteiger partial charge on any atom is 0.292 e. The predicted octanol–water partition coefficient (Wildman–Crippen LogP) is 3.36. The lowest BCUT2D eigenvalue weighted by Crippen LogP contribution is -2.48. The van der Waals surface area contributed by atoms with Gasteiger partial charge in [0.05, 0.1) is 11.5 Å². The molecule has 0 atom stereocenters. The minimum absolute atomic E-state index is 0.0755. The normalized spacial score (nSPS) is 14.3. The quantitative estimate of drug-likeness (QED) is 0.436. The molecule has 0 saturated carbocycles. The third kappa shape index (κ3) is 4.49. The summed E-state index contributed by atoms with van der Waals surface area (Å²) in [5, 5.41) is 11.2. The van der Waals surface area contributed by atoms with E-state index in [1.165, 1.54) is 6.07 Å². The van der Waals surface area contributed by atoms with E-state index in [9.17, 15) is 14.9 Å². The summed E-state index contributed by atoms with van der Waals surface area (Å²) in [5.74, 6) is 0.670. The first-order valence-corrected chi connectivity index (χ1v) is 9.27. The Morgan fingerprint density at radius 3 is 2.50 bits per heavy atom. The van der Waals surface area contributed by atoms with Crippen LogP contribution < -0.4 is 9.64 Å². The molecule has 0 spiro atoms. The van der Waals surface area contributed by atoms with Crippen LogP contribution in [0.5, 0.6) is 5.75 Å². The van der Waals surface area contributed by atoms with E-state index in [1.54, 1.807) is 35.3 Å². The second-order valence-electron chi connectivity index (χ2n) is 6.36. The summed E-state index contributed by atoms with van der Waals surface area (Å²) in [5.41, 5.74) is 1.55. The van der Waals surface area contributed by atoms with Crippen molar-refractivity contribution >= 4 is 23.4 Å². The van der Waals surface area contributed by atoms with Crippen LogP contribution >= 0.6 is 0 Å². The number of carbonyl (C=O) groups is 1. The monoisotopic (exact) mass is 381 g/mol. The molecule has 146 valence electrons. The van der Waals surface area contributed by atoms with Crippen molar-refractivity contribution in [2.24, 2.45) is 0 Å². The molecule has 2 aromatic carbocycles. The van der Waals surface area contributed by atoms with Crippen molar-refractivity contribution in [1.82, 2.24) is 4.90 Å². The number of para-hydroxylation sites is 3. The lowest BCUT2D eigenvalue weighted by Gasteiger charge is -2.35. The summed E-state index contributed by atoms with van der Waals surface area (Å²) in [6.45, 7) is 4.62. The molecule has 1 amide bonds. The highest BCUT2D eigenvalue weighted by atomic mass is 16.6. The number of hydrogen-bond donors (Lipinski definition) is 0. The molecule has 1 heterocycles. The van der Waals surface area contributed by atoms with E-state index in [0.717, 1.165) is 11.3 Å². The molecule has 7 heteroatoms. The first-order chi connectivity index (χ1) is 13.6. The van der Waals surface area contributed by atoms with Crippen molar-refractivity contribution in [3.05, 3.63) is 70.3 Å². The average molecular weight is 381 g/mol. The fraction of sp³-hybridized carbons (Fsp3) is 0.286. The Kier molecular flexibility index (Phi) is 6.26. The molecule has 0 aliphatic carbocycles. The topological polar surface area (TPSA) is 75.9 Å². The first-order valence-electron chi connectivity index (χ1n) is 9.27. The molecule has 1 aliphatic heterocycles. The van der Waals surface area contributed by atoms with Gasteiger partial charge in [-0.1, -0.05) is 30.3 Å². The van der Waals surface area contributed by atoms with Gasteiger partial charge in [0, 0.05) is 43.9 Å². The van der Waals surface area contributed by atoms with Crippen molar-refractivity contribution in [2.45, 2.75) is 6.92 Å². The lowest BCUT2D eigenvalue weighted by molar-refractivity contribution is -0.384. The van der Waals surface area contributed by atoms with Gasteiger partial charge in [0.1, 0.15) is 11.4 Å². The number of amides is 1. The van der Waals surface area contributed by atoms with Crippen LogP contribution in [0.1, 0.15) is 12.5 Å². The molecular formula is C21H23N3O4. The number of anilines is 1. The van der Waals surface area contributed by atoms with E-state index in [1.807, 2.05) is 36.1 Å². The Bertz CT molecular complexity index is 873. The molecule has 0 radical (unpaired) electrons. The fourth-order valence-electron chi connectivity index (χ4n) is 3.23. The van der Waals surface area contributed by atoms with Gasteiger partial charge in [0.15, 0.2) is 0 Å². The summed E-state index contributed by atoms with van der Waals surface area (Å²) in [6.07, 6.45) is 3.32. The highest BCUT2D eigenvalue weighted by Gasteiger charge is 2.24. The Morgan fingerprint density at radius 1 is 1.11 bits per heavy atom. The van der Waals surface area contributed by atoms with Gasteiger partial charge >= 0.3 is 0 Å². The molecule has 1 aliphatic rings. The standard InChI is InChI=1S/C21H23N3O4/c1-2-28-20-10-6-3-7-17(20)11-12-21(25)23-15-13-22(14-16-23)18-8-4-5-9-19(18)24(26)27/h3-12H,2,13-16H2,1H3/b12-11+. The Balaban J connectivity index is 1.63. The molecule has 0 N–H and O–H groups in total. The number of nitro groups is 1. The Labute approximate surface area is 164 Å². The second-order valence-corrected chi connectivity index (χ2v) is 6.36. The van der Waals surface area contributed by atoms with Gasteiger partial charge in [0.25, 0.3) is 5.69 Å². The van der Waals surface area contributed by atoms with Crippen LogP contribution in [0.4, 0.5) is 11.4 Å². The SMILES string of the molecule is CCOc1ccccc1/C=C/C(=O)N1CCN(c2ccccc2[N+](=O)[O-])CC1. The zero-order valence-electron chi connectivity index (χ0n) is 15.8. The zero-order chi connectivity index (χ0) is 19.9. The molecule has 28 heavy (non-hydrogen) atoms. The minimum atomic E-state index is -0.370. The number of benzene rings is 2. The molecule has 1 fully saturated rings. The van der Waals surface area contributed by atoms with Gasteiger partial charge in [-0.25, -0.2) is 0 Å². The van der Waals surface area contributed by atoms with E-state index < -0.39 is 0 Å². The third-order valence-electron chi connectivity index (χ3n) is 4.63. The van der Waals surface area contributed by atoms with E-state index >= 15 is 0 Å². The highest BCUT2D eigenvalue weighted by Crippen LogP contribution is 2.28. The fourth-order valence-corrected chi connectivity index (χ4v) is 3.23. The number of carbonyl (C=O) groups excluding carboxylic acids is 1. The number of nitro benzene ring substituents is 1. The van der Waals surface area contributed by atoms with Crippen LogP contribution in [-0.4, -0.2) is 48.5 Å². The predicted molar refractivity (Wildman–Crippen MR) is 109 cm³/mol. The largest absolute Gasteiger partial charge is 0.493 e. The molecule has 2 aromatic rings. The van der Waals surface area contributed by atoms with Crippen LogP contribution in [0.15, 0.2) is 54.6 Å². The van der Waals surface area contributed by atoms with Crippen LogP contribution in [0.25, 0.3) is 6.08 Å². The molecule has 0 bridgehead atoms. The number of rotatable bonds is 6. The highest BCUT2D eigenvalue weighted by molar-refractivity contribution is 5.92. The maximum atomic E-state index is 12.5. The summed E-state index contributed by atoms with van der Waals surface area (Å²) in [7, 11) is 0. The lowest BCUT2D eigenvalue weighted by atomic mass is 10.1. The Morgan fingerprint density at radius 2 is 1.79 bits per heavy atom. The van der Waals surface area contributed by atoms with Crippen molar-refractivity contribution in [1.29, 1.82) is 0 Å². The van der Waals surface area contributed by atoms with Gasteiger partial charge in [-0.3, -0.25) is 14.9 Å². The zero-order valence-corrected chi connectivity index (χ0v) is 15.8. The van der Waals surface area contributed by atoms with Crippen LogP contribution in [0, 0.1) is 10.1 Å². The van der Waals surface area contributed by atoms with Crippen molar-refractivity contribution in [2.75, 3.05) is 37.7 Å². The summed E-state index contributed by atoms with van der Waals surface area (Å²) < 4.78 is 5.57. The van der Waals surface area contributed by atoms with Crippen molar-refractivity contribution in [3.8, 4) is 5.75 Å². The average Bonchev–Trinajstić information content (AvgIpc) is 2.73. The van der Waals surface area contributed by atoms with Crippen LogP contribution in [0.2, 0.25) is 0 Å². The van der Waals surface area contributed by atoms with Gasteiger partial charge < -0.3 is 14.5 Å². The summed E-state index contributed by atoms with van der Waals surface area (Å²) in [6, 6.07) is 14.3. The van der Waals surface area contributed by atoms with E-state index in [-0.39, 0.29) is 16.5 Å². The molecule has 0 unspecified atom stereocenters. The van der Waals surface area contributed by atoms with Gasteiger partial charge in [-0.05, 0) is 25.1 Å². The van der Waals surface area contributed by atoms with Gasteiger partial charge in [-0.15, -0.1) is 0 Å². The first kappa shape index (κ1) is 19.4. The third-order valence-corrected chi connectivity index (χ3v) is 4.63. The molecule has 3 rings (SSSR count). The van der Waals surface area contributed by atoms with Crippen LogP contribution in [-0.2, 0) is 4.79 Å². The maximum absolute atomic E-state index is 12.5. The number of piperazine rings is 1. The molecular weight excluding hydrogens is 358 g/mol. The van der Waals surface area contributed by atoms with E-state index in [2.05, 4.69) is 0 Å². The molecule has 7 nitrogen and oxygen atoms in total.